The molecular formula is C16H16F3N3O. The number of alkyl halides is 3. The zero-order valence-corrected chi connectivity index (χ0v) is 12.5. The van der Waals surface area contributed by atoms with Crippen molar-refractivity contribution in [3.05, 3.63) is 53.7 Å². The maximum absolute atomic E-state index is 12.6. The number of halogens is 3. The monoisotopic (exact) mass is 323 g/mol. The largest absolute Gasteiger partial charge is 0.435 e. The second kappa shape index (κ2) is 6.16. The molecule has 2 unspecified atom stereocenters. The number of nitrogens with zero attached hydrogens (tertiary/aromatic N) is 3. The van der Waals surface area contributed by atoms with Gasteiger partial charge in [-0.05, 0) is 24.6 Å². The first-order chi connectivity index (χ1) is 10.9. The third-order valence-electron chi connectivity index (χ3n) is 3.79. The first-order valence-corrected chi connectivity index (χ1v) is 7.29. The molecule has 3 rings (SSSR count). The SMILES string of the molecule is CC1CN(c2ccc(C(F)(F)F)nn2)C(c2ccccc2)CO1. The molecule has 1 aliphatic rings. The topological polar surface area (TPSA) is 38.2 Å². The van der Waals surface area contributed by atoms with Crippen molar-refractivity contribution >= 4 is 5.82 Å². The highest BCUT2D eigenvalue weighted by molar-refractivity contribution is 5.43. The molecule has 0 bridgehead atoms. The molecule has 1 aromatic heterocycles. The van der Waals surface area contributed by atoms with Crippen molar-refractivity contribution in [2.75, 3.05) is 18.1 Å². The van der Waals surface area contributed by atoms with Crippen LogP contribution >= 0.6 is 0 Å². The van der Waals surface area contributed by atoms with Gasteiger partial charge in [-0.25, -0.2) is 0 Å². The second-order valence-corrected chi connectivity index (χ2v) is 5.50. The number of rotatable bonds is 2. The standard InChI is InChI=1S/C16H16F3N3O/c1-11-9-22(13(10-23-11)12-5-3-2-4-6-12)15-8-7-14(20-21-15)16(17,18)19/h2-8,11,13H,9-10H2,1H3. The minimum absolute atomic E-state index is 0.0287. The first-order valence-electron chi connectivity index (χ1n) is 7.29. The third-order valence-corrected chi connectivity index (χ3v) is 3.79. The summed E-state index contributed by atoms with van der Waals surface area (Å²) in [7, 11) is 0. The van der Waals surface area contributed by atoms with Gasteiger partial charge in [0, 0.05) is 6.54 Å². The Kier molecular flexibility index (Phi) is 4.21. The van der Waals surface area contributed by atoms with Gasteiger partial charge in [0.1, 0.15) is 0 Å². The van der Waals surface area contributed by atoms with Crippen molar-refractivity contribution in [2.24, 2.45) is 0 Å². The fourth-order valence-corrected chi connectivity index (χ4v) is 2.64. The van der Waals surface area contributed by atoms with Crippen LogP contribution in [0.15, 0.2) is 42.5 Å². The zero-order chi connectivity index (χ0) is 16.4. The van der Waals surface area contributed by atoms with Crippen molar-refractivity contribution in [1.82, 2.24) is 10.2 Å². The van der Waals surface area contributed by atoms with Crippen LogP contribution in [0.25, 0.3) is 0 Å². The summed E-state index contributed by atoms with van der Waals surface area (Å²) >= 11 is 0. The van der Waals surface area contributed by atoms with Crippen molar-refractivity contribution in [3.8, 4) is 0 Å². The van der Waals surface area contributed by atoms with E-state index in [1.165, 1.54) is 6.07 Å². The first kappa shape index (κ1) is 15.7. The minimum Gasteiger partial charge on any atom is -0.374 e. The summed E-state index contributed by atoms with van der Waals surface area (Å²) in [5, 5.41) is 7.10. The van der Waals surface area contributed by atoms with Gasteiger partial charge in [0.15, 0.2) is 11.5 Å². The Labute approximate surface area is 131 Å². The normalized spacial score (nSPS) is 22.2. The van der Waals surface area contributed by atoms with Crippen LogP contribution < -0.4 is 4.90 Å². The molecule has 4 nitrogen and oxygen atoms in total. The van der Waals surface area contributed by atoms with E-state index in [4.69, 9.17) is 4.74 Å². The Bertz CT molecular complexity index is 646. The van der Waals surface area contributed by atoms with Gasteiger partial charge in [-0.15, -0.1) is 10.2 Å². The van der Waals surface area contributed by atoms with Crippen molar-refractivity contribution in [1.29, 1.82) is 0 Å². The van der Waals surface area contributed by atoms with Gasteiger partial charge in [0.05, 0.1) is 18.8 Å². The Balaban J connectivity index is 1.90. The van der Waals surface area contributed by atoms with E-state index in [0.717, 1.165) is 11.6 Å². The molecule has 0 saturated carbocycles. The highest BCUT2D eigenvalue weighted by atomic mass is 19.4. The molecular weight excluding hydrogens is 307 g/mol. The number of morpholine rings is 1. The molecule has 1 saturated heterocycles. The number of hydrogen-bond donors (Lipinski definition) is 0. The molecule has 23 heavy (non-hydrogen) atoms. The summed E-state index contributed by atoms with van der Waals surface area (Å²) in [4.78, 5) is 1.94. The molecule has 0 radical (unpaired) electrons. The smallest absolute Gasteiger partial charge is 0.374 e. The number of ether oxygens (including phenoxy) is 1. The van der Waals surface area contributed by atoms with Crippen LogP contribution in [0.5, 0.6) is 0 Å². The fraction of sp³-hybridized carbons (Fsp3) is 0.375. The van der Waals surface area contributed by atoms with Crippen molar-refractivity contribution < 1.29 is 17.9 Å². The Hall–Kier alpha value is -2.15. The maximum Gasteiger partial charge on any atom is 0.435 e. The lowest BCUT2D eigenvalue weighted by atomic mass is 10.0. The van der Waals surface area contributed by atoms with Crippen molar-refractivity contribution in [3.63, 3.8) is 0 Å². The van der Waals surface area contributed by atoms with E-state index >= 15 is 0 Å². The van der Waals surface area contributed by atoms with E-state index in [1.807, 2.05) is 42.2 Å². The summed E-state index contributed by atoms with van der Waals surface area (Å²) in [6.07, 6.45) is -4.51. The minimum atomic E-state index is -4.48. The van der Waals surface area contributed by atoms with E-state index in [9.17, 15) is 13.2 Å². The summed E-state index contributed by atoms with van der Waals surface area (Å²) in [5.74, 6) is 0.419. The molecule has 2 heterocycles. The molecule has 1 aliphatic heterocycles. The second-order valence-electron chi connectivity index (χ2n) is 5.50. The van der Waals surface area contributed by atoms with Gasteiger partial charge in [0.2, 0.25) is 0 Å². The molecule has 0 N–H and O–H groups in total. The molecule has 1 fully saturated rings. The number of hydrogen-bond acceptors (Lipinski definition) is 4. The third kappa shape index (κ3) is 3.44. The van der Waals surface area contributed by atoms with Gasteiger partial charge < -0.3 is 9.64 Å². The zero-order valence-electron chi connectivity index (χ0n) is 12.5. The maximum atomic E-state index is 12.6. The molecule has 0 aliphatic carbocycles. The Morgan fingerprint density at radius 1 is 1.09 bits per heavy atom. The Morgan fingerprint density at radius 2 is 1.83 bits per heavy atom. The lowest BCUT2D eigenvalue weighted by Crippen LogP contribution is -2.44. The highest BCUT2D eigenvalue weighted by Gasteiger charge is 2.34. The summed E-state index contributed by atoms with van der Waals surface area (Å²) in [5.41, 5.74) is 0.0416. The number of aromatic nitrogens is 2. The van der Waals surface area contributed by atoms with E-state index in [2.05, 4.69) is 10.2 Å². The van der Waals surface area contributed by atoms with Crippen LogP contribution in [0.1, 0.15) is 24.2 Å². The van der Waals surface area contributed by atoms with E-state index in [1.54, 1.807) is 0 Å². The number of benzene rings is 1. The summed E-state index contributed by atoms with van der Waals surface area (Å²) < 4.78 is 43.6. The average Bonchev–Trinajstić information content (AvgIpc) is 2.55. The molecule has 7 heteroatoms. The van der Waals surface area contributed by atoms with Gasteiger partial charge in [-0.1, -0.05) is 30.3 Å². The predicted molar refractivity (Wildman–Crippen MR) is 79.0 cm³/mol. The fourth-order valence-electron chi connectivity index (χ4n) is 2.64. The van der Waals surface area contributed by atoms with E-state index in [0.29, 0.717) is 19.0 Å². The lowest BCUT2D eigenvalue weighted by molar-refractivity contribution is -0.141. The quantitative estimate of drug-likeness (QED) is 0.848. The van der Waals surface area contributed by atoms with Gasteiger partial charge in [-0.2, -0.15) is 13.2 Å². The van der Waals surface area contributed by atoms with E-state index < -0.39 is 11.9 Å². The summed E-state index contributed by atoms with van der Waals surface area (Å²) in [6.45, 7) is 2.92. The average molecular weight is 323 g/mol. The number of anilines is 1. The van der Waals surface area contributed by atoms with E-state index in [-0.39, 0.29) is 12.1 Å². The lowest BCUT2D eigenvalue weighted by Gasteiger charge is -2.39. The van der Waals surface area contributed by atoms with Crippen LogP contribution in [0.2, 0.25) is 0 Å². The molecule has 2 atom stereocenters. The van der Waals surface area contributed by atoms with Crippen molar-refractivity contribution in [2.45, 2.75) is 25.2 Å². The molecule has 0 amide bonds. The van der Waals surface area contributed by atoms with Crippen LogP contribution in [0.3, 0.4) is 0 Å². The van der Waals surface area contributed by atoms with Crippen LogP contribution in [0.4, 0.5) is 19.0 Å². The highest BCUT2D eigenvalue weighted by Crippen LogP contribution is 2.32. The summed E-state index contributed by atoms with van der Waals surface area (Å²) in [6, 6.07) is 11.9. The molecule has 1 aromatic carbocycles. The van der Waals surface area contributed by atoms with Gasteiger partial charge >= 0.3 is 6.18 Å². The van der Waals surface area contributed by atoms with Gasteiger partial charge in [0.25, 0.3) is 0 Å². The van der Waals surface area contributed by atoms with Crippen LogP contribution in [-0.2, 0) is 10.9 Å². The van der Waals surface area contributed by atoms with Crippen LogP contribution in [0, 0.1) is 0 Å². The Morgan fingerprint density at radius 3 is 2.43 bits per heavy atom. The molecule has 0 spiro atoms. The predicted octanol–water partition coefficient (Wildman–Crippen LogP) is 3.46. The molecule has 122 valence electrons. The van der Waals surface area contributed by atoms with Crippen LogP contribution in [-0.4, -0.2) is 29.5 Å². The van der Waals surface area contributed by atoms with Gasteiger partial charge in [-0.3, -0.25) is 0 Å². The molecule has 2 aromatic rings.